The van der Waals surface area contributed by atoms with Gasteiger partial charge in [0, 0.05) is 18.5 Å². The number of carboxylic acids is 1. The van der Waals surface area contributed by atoms with Gasteiger partial charge in [0.05, 0.1) is 12.3 Å². The van der Waals surface area contributed by atoms with E-state index in [1.54, 1.807) is 19.2 Å². The van der Waals surface area contributed by atoms with Gasteiger partial charge in [-0.3, -0.25) is 4.79 Å². The number of rotatable bonds is 7. The lowest BCUT2D eigenvalue weighted by Gasteiger charge is -2.15. The second-order valence-corrected chi connectivity index (χ2v) is 4.95. The van der Waals surface area contributed by atoms with Crippen LogP contribution in [0.4, 0.5) is 5.13 Å². The Labute approximate surface area is 105 Å². The molecule has 0 unspecified atom stereocenters. The Morgan fingerprint density at radius 3 is 2.94 bits per heavy atom. The number of hydrogen-bond donors (Lipinski definition) is 2. The van der Waals surface area contributed by atoms with Gasteiger partial charge < -0.3 is 15.2 Å². The first-order valence-electron chi connectivity index (χ1n) is 5.49. The molecule has 5 nitrogen and oxygen atoms in total. The number of thiazole rings is 1. The summed E-state index contributed by atoms with van der Waals surface area (Å²) in [4.78, 5) is 15.3. The summed E-state index contributed by atoms with van der Waals surface area (Å²) < 4.78 is 5.19. The quantitative estimate of drug-likeness (QED) is 0.731. The van der Waals surface area contributed by atoms with Crippen LogP contribution in [0.5, 0.6) is 0 Å². The van der Waals surface area contributed by atoms with Gasteiger partial charge in [-0.1, -0.05) is 0 Å². The van der Waals surface area contributed by atoms with Crippen LogP contribution in [0, 0.1) is 0 Å². The van der Waals surface area contributed by atoms with Gasteiger partial charge >= 0.3 is 5.97 Å². The third kappa shape index (κ3) is 3.67. The third-order valence-corrected chi connectivity index (χ3v) is 3.21. The summed E-state index contributed by atoms with van der Waals surface area (Å²) in [5.41, 5.74) is -0.370. The highest BCUT2D eigenvalue weighted by Gasteiger charge is 2.32. The van der Waals surface area contributed by atoms with Gasteiger partial charge in [-0.05, 0) is 20.8 Å². The standard InChI is InChI=1S/C11H18N2O3S/c1-4-16-6-5-12-10-13-8(7-17-10)11(2,3)9(14)15/h7H,4-6H2,1-3H3,(H,12,13)(H,14,15). The number of aromatic nitrogens is 1. The van der Waals surface area contributed by atoms with Gasteiger partial charge in [-0.2, -0.15) is 0 Å². The van der Waals surface area contributed by atoms with Crippen LogP contribution in [0.3, 0.4) is 0 Å². The van der Waals surface area contributed by atoms with Crippen molar-refractivity contribution in [3.05, 3.63) is 11.1 Å². The molecule has 0 fully saturated rings. The van der Waals surface area contributed by atoms with Crippen LogP contribution in [0.1, 0.15) is 26.5 Å². The monoisotopic (exact) mass is 258 g/mol. The average Bonchev–Trinajstić information content (AvgIpc) is 2.73. The van der Waals surface area contributed by atoms with E-state index in [9.17, 15) is 4.79 Å². The van der Waals surface area contributed by atoms with Crippen molar-refractivity contribution in [3.8, 4) is 0 Å². The molecule has 0 aromatic carbocycles. The topological polar surface area (TPSA) is 71.5 Å². The molecule has 0 aliphatic heterocycles. The fourth-order valence-corrected chi connectivity index (χ4v) is 2.03. The number of carbonyl (C=O) groups is 1. The second-order valence-electron chi connectivity index (χ2n) is 4.09. The lowest BCUT2D eigenvalue weighted by atomic mass is 9.90. The Morgan fingerprint density at radius 2 is 2.35 bits per heavy atom. The molecule has 17 heavy (non-hydrogen) atoms. The summed E-state index contributed by atoms with van der Waals surface area (Å²) in [7, 11) is 0. The van der Waals surface area contributed by atoms with Gasteiger partial charge in [0.25, 0.3) is 0 Å². The van der Waals surface area contributed by atoms with Crippen molar-refractivity contribution in [2.75, 3.05) is 25.1 Å². The van der Waals surface area contributed by atoms with E-state index in [4.69, 9.17) is 9.84 Å². The highest BCUT2D eigenvalue weighted by Crippen LogP contribution is 2.27. The summed E-state index contributed by atoms with van der Waals surface area (Å²) in [6, 6.07) is 0. The summed E-state index contributed by atoms with van der Waals surface area (Å²) in [5.74, 6) is -0.872. The van der Waals surface area contributed by atoms with Crippen molar-refractivity contribution in [2.45, 2.75) is 26.2 Å². The summed E-state index contributed by atoms with van der Waals surface area (Å²) in [6.45, 7) is 7.22. The molecule has 2 N–H and O–H groups in total. The second kappa shape index (κ2) is 5.97. The summed E-state index contributed by atoms with van der Waals surface area (Å²) >= 11 is 1.41. The van der Waals surface area contributed by atoms with Gasteiger partial charge in [0.2, 0.25) is 0 Å². The van der Waals surface area contributed by atoms with E-state index in [0.29, 0.717) is 25.5 Å². The lowest BCUT2D eigenvalue weighted by Crippen LogP contribution is -2.28. The lowest BCUT2D eigenvalue weighted by molar-refractivity contribution is -0.142. The number of hydrogen-bond acceptors (Lipinski definition) is 5. The predicted octanol–water partition coefficient (Wildman–Crippen LogP) is 1.95. The first-order valence-corrected chi connectivity index (χ1v) is 6.37. The molecule has 0 aliphatic rings. The largest absolute Gasteiger partial charge is 0.481 e. The molecule has 0 spiro atoms. The zero-order chi connectivity index (χ0) is 12.9. The fraction of sp³-hybridized carbons (Fsp3) is 0.636. The minimum absolute atomic E-state index is 0.578. The first-order chi connectivity index (χ1) is 7.98. The van der Waals surface area contributed by atoms with Crippen molar-refractivity contribution in [1.82, 2.24) is 4.98 Å². The van der Waals surface area contributed by atoms with Crippen molar-refractivity contribution in [2.24, 2.45) is 0 Å². The molecular weight excluding hydrogens is 240 g/mol. The summed E-state index contributed by atoms with van der Waals surface area (Å²) in [6.07, 6.45) is 0. The molecule has 0 saturated carbocycles. The van der Waals surface area contributed by atoms with Crippen LogP contribution in [0.25, 0.3) is 0 Å². The number of ether oxygens (including phenoxy) is 1. The molecule has 96 valence electrons. The predicted molar refractivity (Wildman–Crippen MR) is 67.8 cm³/mol. The van der Waals surface area contributed by atoms with Gasteiger partial charge in [0.15, 0.2) is 5.13 Å². The van der Waals surface area contributed by atoms with Crippen molar-refractivity contribution < 1.29 is 14.6 Å². The Kier molecular flexibility index (Phi) is 4.89. The Morgan fingerprint density at radius 1 is 1.65 bits per heavy atom. The van der Waals surface area contributed by atoms with E-state index in [1.807, 2.05) is 6.92 Å². The minimum atomic E-state index is -0.948. The molecule has 6 heteroatoms. The van der Waals surface area contributed by atoms with Crippen molar-refractivity contribution >= 4 is 22.4 Å². The van der Waals surface area contributed by atoms with Crippen LogP contribution in [0.15, 0.2) is 5.38 Å². The van der Waals surface area contributed by atoms with Gasteiger partial charge in [-0.15, -0.1) is 11.3 Å². The normalized spacial score (nSPS) is 11.5. The SMILES string of the molecule is CCOCCNc1nc(C(C)(C)C(=O)O)cs1. The maximum absolute atomic E-state index is 11.1. The molecule has 0 amide bonds. The maximum Gasteiger partial charge on any atom is 0.315 e. The van der Waals surface area contributed by atoms with Crippen LogP contribution >= 0.6 is 11.3 Å². The van der Waals surface area contributed by atoms with E-state index in [1.165, 1.54) is 11.3 Å². The average molecular weight is 258 g/mol. The zero-order valence-corrected chi connectivity index (χ0v) is 11.1. The number of aliphatic carboxylic acids is 1. The highest BCUT2D eigenvalue weighted by molar-refractivity contribution is 7.13. The van der Waals surface area contributed by atoms with Crippen LogP contribution < -0.4 is 5.32 Å². The molecule has 1 aromatic rings. The number of nitrogens with zero attached hydrogens (tertiary/aromatic N) is 1. The van der Waals surface area contributed by atoms with Crippen molar-refractivity contribution in [3.63, 3.8) is 0 Å². The Hall–Kier alpha value is -1.14. The van der Waals surface area contributed by atoms with E-state index in [2.05, 4.69) is 10.3 Å². The van der Waals surface area contributed by atoms with E-state index in [-0.39, 0.29) is 0 Å². The summed E-state index contributed by atoms with van der Waals surface area (Å²) in [5, 5.41) is 14.7. The van der Waals surface area contributed by atoms with E-state index >= 15 is 0 Å². The molecule has 1 rings (SSSR count). The first kappa shape index (κ1) is 13.9. The number of carboxylic acid groups (broad SMARTS) is 1. The van der Waals surface area contributed by atoms with E-state index < -0.39 is 11.4 Å². The molecule has 0 bridgehead atoms. The van der Waals surface area contributed by atoms with Gasteiger partial charge in [-0.25, -0.2) is 4.98 Å². The highest BCUT2D eigenvalue weighted by atomic mass is 32.1. The molecule has 0 aliphatic carbocycles. The third-order valence-electron chi connectivity index (χ3n) is 2.41. The maximum atomic E-state index is 11.1. The Balaban J connectivity index is 2.56. The number of nitrogens with one attached hydrogen (secondary N) is 1. The van der Waals surface area contributed by atoms with Crippen molar-refractivity contribution in [1.29, 1.82) is 0 Å². The molecule has 0 radical (unpaired) electrons. The molecule has 1 aromatic heterocycles. The smallest absolute Gasteiger partial charge is 0.315 e. The molecule has 1 heterocycles. The molecular formula is C11H18N2O3S. The fourth-order valence-electron chi connectivity index (χ4n) is 1.13. The number of anilines is 1. The Bertz CT molecular complexity index is 377. The molecule has 0 atom stereocenters. The van der Waals surface area contributed by atoms with Crippen LogP contribution in [-0.2, 0) is 14.9 Å². The van der Waals surface area contributed by atoms with E-state index in [0.717, 1.165) is 5.13 Å². The zero-order valence-electron chi connectivity index (χ0n) is 10.3. The molecule has 0 saturated heterocycles. The minimum Gasteiger partial charge on any atom is -0.481 e. The van der Waals surface area contributed by atoms with Gasteiger partial charge in [0.1, 0.15) is 5.41 Å². The van der Waals surface area contributed by atoms with Crippen LogP contribution in [-0.4, -0.2) is 35.8 Å². The van der Waals surface area contributed by atoms with Crippen LogP contribution in [0.2, 0.25) is 0 Å².